The molecule has 1 amide bonds. The van der Waals surface area contributed by atoms with E-state index >= 15 is 0 Å². The van der Waals surface area contributed by atoms with E-state index in [0.717, 1.165) is 43.3 Å². The van der Waals surface area contributed by atoms with Gasteiger partial charge in [-0.2, -0.15) is 0 Å². The van der Waals surface area contributed by atoms with Crippen molar-refractivity contribution in [3.05, 3.63) is 62.6 Å². The normalized spacial score (nSPS) is 20.0. The Bertz CT molecular complexity index is 1360. The van der Waals surface area contributed by atoms with E-state index in [2.05, 4.69) is 36.2 Å². The molecule has 0 radical (unpaired) electrons. The number of amides is 1. The summed E-state index contributed by atoms with van der Waals surface area (Å²) in [6.45, 7) is 4.18. The molecule has 0 bridgehead atoms. The minimum atomic E-state index is -0.443. The van der Waals surface area contributed by atoms with Gasteiger partial charge >= 0.3 is 5.69 Å². The van der Waals surface area contributed by atoms with Crippen LogP contribution in [0.25, 0.3) is 11.2 Å². The third kappa shape index (κ3) is 4.45. The second-order valence-electron chi connectivity index (χ2n) is 10.2. The highest BCUT2D eigenvalue weighted by Crippen LogP contribution is 2.39. The number of rotatable bonds is 4. The summed E-state index contributed by atoms with van der Waals surface area (Å²) in [7, 11) is 3.01. The highest BCUT2D eigenvalue weighted by molar-refractivity contribution is 5.79. The third-order valence-electron chi connectivity index (χ3n) is 7.79. The number of carbonyl (C=O) groups is 1. The van der Waals surface area contributed by atoms with Crippen LogP contribution in [-0.4, -0.2) is 54.8 Å². The Morgan fingerprint density at radius 2 is 1.83 bits per heavy atom. The van der Waals surface area contributed by atoms with Gasteiger partial charge in [0.05, 0.1) is 11.9 Å². The van der Waals surface area contributed by atoms with E-state index in [1.807, 2.05) is 4.90 Å². The van der Waals surface area contributed by atoms with Crippen LogP contribution >= 0.6 is 0 Å². The fourth-order valence-electron chi connectivity index (χ4n) is 5.64. The lowest BCUT2D eigenvalue weighted by Crippen LogP contribution is -2.51. The number of aryl methyl sites for hydroxylation is 2. The van der Waals surface area contributed by atoms with Gasteiger partial charge in [0.2, 0.25) is 5.91 Å². The number of carbonyl (C=O) groups excluding carboxylic acids is 1. The van der Waals surface area contributed by atoms with Gasteiger partial charge in [0.1, 0.15) is 6.54 Å². The van der Waals surface area contributed by atoms with E-state index in [9.17, 15) is 14.4 Å². The molecule has 0 aliphatic carbocycles. The number of hydrogen-bond acceptors (Lipinski definition) is 5. The molecule has 1 aromatic carbocycles. The zero-order valence-electron chi connectivity index (χ0n) is 20.7. The number of nitrogens with zero attached hydrogens (tertiary/aromatic N) is 5. The standard InChI is InChI=1S/C26H33N5O4/c1-18-4-6-19(7-5-18)14-20-8-13-35-26(15-20)9-11-30(12-10-26)21(32)16-31-17-27-23-22(31)24(33)29(3)25(34)28(23)2/h4-7,17,20H,8-16H2,1-3H3. The lowest BCUT2D eigenvalue weighted by Gasteiger charge is -2.46. The van der Waals surface area contributed by atoms with Crippen LogP contribution in [0.2, 0.25) is 0 Å². The molecule has 1 atom stereocenters. The Balaban J connectivity index is 1.23. The Hall–Kier alpha value is -3.20. The number of imidazole rings is 1. The molecule has 5 rings (SSSR count). The SMILES string of the molecule is Cc1ccc(CC2CCOC3(CCN(C(=O)Cn4cnc5c4c(=O)n(C)c(=O)n5C)CC3)C2)cc1. The maximum absolute atomic E-state index is 13.1. The van der Waals surface area contributed by atoms with Crippen molar-refractivity contribution >= 4 is 17.1 Å². The average molecular weight is 480 g/mol. The second kappa shape index (κ2) is 9.11. The molecule has 0 saturated carbocycles. The van der Waals surface area contributed by atoms with Crippen LogP contribution in [0.4, 0.5) is 0 Å². The van der Waals surface area contributed by atoms with E-state index < -0.39 is 11.2 Å². The van der Waals surface area contributed by atoms with Crippen LogP contribution in [0, 0.1) is 12.8 Å². The summed E-state index contributed by atoms with van der Waals surface area (Å²) < 4.78 is 10.2. The van der Waals surface area contributed by atoms with Crippen LogP contribution in [-0.2, 0) is 36.6 Å². The fraction of sp³-hybridized carbons (Fsp3) is 0.538. The van der Waals surface area contributed by atoms with Crippen LogP contribution in [0.5, 0.6) is 0 Å². The van der Waals surface area contributed by atoms with Gasteiger partial charge in [0, 0.05) is 33.8 Å². The first-order chi connectivity index (χ1) is 16.8. The fourth-order valence-corrected chi connectivity index (χ4v) is 5.64. The molecule has 2 saturated heterocycles. The van der Waals surface area contributed by atoms with Gasteiger partial charge in [0.25, 0.3) is 5.56 Å². The topological polar surface area (TPSA) is 91.4 Å². The molecular weight excluding hydrogens is 446 g/mol. The molecule has 35 heavy (non-hydrogen) atoms. The summed E-state index contributed by atoms with van der Waals surface area (Å²) in [6.07, 6.45) is 6.28. The molecular formula is C26H33N5O4. The number of aromatic nitrogens is 4. The first-order valence-electron chi connectivity index (χ1n) is 12.3. The van der Waals surface area contributed by atoms with Crippen molar-refractivity contribution in [1.82, 2.24) is 23.6 Å². The summed E-state index contributed by atoms with van der Waals surface area (Å²) in [5.74, 6) is 0.538. The van der Waals surface area contributed by atoms with Gasteiger partial charge < -0.3 is 14.2 Å². The molecule has 1 unspecified atom stereocenters. The smallest absolute Gasteiger partial charge is 0.332 e. The van der Waals surface area contributed by atoms with E-state index in [-0.39, 0.29) is 23.6 Å². The Morgan fingerprint density at radius 3 is 2.54 bits per heavy atom. The maximum Gasteiger partial charge on any atom is 0.332 e. The Kier molecular flexibility index (Phi) is 6.13. The molecule has 0 N–H and O–H groups in total. The number of piperidine rings is 1. The van der Waals surface area contributed by atoms with Crippen LogP contribution < -0.4 is 11.2 Å². The van der Waals surface area contributed by atoms with Crippen LogP contribution in [0.15, 0.2) is 40.2 Å². The highest BCUT2D eigenvalue weighted by atomic mass is 16.5. The summed E-state index contributed by atoms with van der Waals surface area (Å²) in [4.78, 5) is 44.0. The maximum atomic E-state index is 13.1. The number of likely N-dealkylation sites (tertiary alicyclic amines) is 1. The van der Waals surface area contributed by atoms with Crippen molar-refractivity contribution in [2.45, 2.75) is 51.2 Å². The van der Waals surface area contributed by atoms with Crippen molar-refractivity contribution < 1.29 is 9.53 Å². The highest BCUT2D eigenvalue weighted by Gasteiger charge is 2.41. The molecule has 2 aliphatic rings. The lowest BCUT2D eigenvalue weighted by atomic mass is 9.77. The summed E-state index contributed by atoms with van der Waals surface area (Å²) in [5, 5.41) is 0. The van der Waals surface area contributed by atoms with Gasteiger partial charge in [-0.05, 0) is 50.5 Å². The number of hydrogen-bond donors (Lipinski definition) is 0. The molecule has 2 aromatic heterocycles. The van der Waals surface area contributed by atoms with Gasteiger partial charge in [0.15, 0.2) is 11.2 Å². The zero-order valence-corrected chi connectivity index (χ0v) is 20.7. The minimum Gasteiger partial charge on any atom is -0.375 e. The van der Waals surface area contributed by atoms with Crippen molar-refractivity contribution in [1.29, 1.82) is 0 Å². The predicted molar refractivity (Wildman–Crippen MR) is 132 cm³/mol. The summed E-state index contributed by atoms with van der Waals surface area (Å²) in [5.41, 5.74) is 2.18. The monoisotopic (exact) mass is 479 g/mol. The lowest BCUT2D eigenvalue weighted by molar-refractivity contribution is -0.147. The minimum absolute atomic E-state index is 0.0217. The van der Waals surface area contributed by atoms with Crippen molar-refractivity contribution in [3.63, 3.8) is 0 Å². The quantitative estimate of drug-likeness (QED) is 0.569. The van der Waals surface area contributed by atoms with E-state index in [4.69, 9.17) is 4.74 Å². The molecule has 3 aromatic rings. The van der Waals surface area contributed by atoms with Gasteiger partial charge in [-0.1, -0.05) is 29.8 Å². The Morgan fingerprint density at radius 1 is 1.11 bits per heavy atom. The van der Waals surface area contributed by atoms with Crippen molar-refractivity contribution in [3.8, 4) is 0 Å². The van der Waals surface area contributed by atoms with E-state index in [0.29, 0.717) is 24.7 Å². The number of fused-ring (bicyclic) bond motifs is 1. The largest absolute Gasteiger partial charge is 0.375 e. The average Bonchev–Trinajstić information content (AvgIpc) is 3.27. The second-order valence-corrected chi connectivity index (χ2v) is 10.2. The number of benzene rings is 1. The van der Waals surface area contributed by atoms with Crippen LogP contribution in [0.3, 0.4) is 0 Å². The van der Waals surface area contributed by atoms with Gasteiger partial charge in [-0.3, -0.25) is 18.7 Å². The van der Waals surface area contributed by atoms with E-state index in [1.165, 1.54) is 29.1 Å². The van der Waals surface area contributed by atoms with E-state index in [1.54, 1.807) is 11.6 Å². The summed E-state index contributed by atoms with van der Waals surface area (Å²) >= 11 is 0. The first-order valence-corrected chi connectivity index (χ1v) is 12.3. The molecule has 4 heterocycles. The molecule has 1 spiro atoms. The van der Waals surface area contributed by atoms with Crippen molar-refractivity contribution in [2.24, 2.45) is 20.0 Å². The number of ether oxygens (including phenoxy) is 1. The summed E-state index contributed by atoms with van der Waals surface area (Å²) in [6, 6.07) is 8.80. The molecule has 2 fully saturated rings. The van der Waals surface area contributed by atoms with Gasteiger partial charge in [-0.25, -0.2) is 9.78 Å². The van der Waals surface area contributed by atoms with Crippen LogP contribution in [0.1, 0.15) is 36.8 Å². The predicted octanol–water partition coefficient (Wildman–Crippen LogP) is 1.77. The Labute approximate surface area is 203 Å². The van der Waals surface area contributed by atoms with Gasteiger partial charge in [-0.15, -0.1) is 0 Å². The molecule has 9 heteroatoms. The van der Waals surface area contributed by atoms with Crippen molar-refractivity contribution in [2.75, 3.05) is 19.7 Å². The molecule has 186 valence electrons. The third-order valence-corrected chi connectivity index (χ3v) is 7.79. The molecule has 2 aliphatic heterocycles. The first kappa shape index (κ1) is 23.5. The molecule has 9 nitrogen and oxygen atoms in total. The zero-order chi connectivity index (χ0) is 24.7.